The van der Waals surface area contributed by atoms with E-state index in [9.17, 15) is 20.2 Å². The van der Waals surface area contributed by atoms with Gasteiger partial charge in [-0.1, -0.05) is 6.92 Å². The fraction of sp³-hybridized carbons (Fsp3) is 0.955. The molecule has 0 aromatic carbocycles. The number of methoxy groups -OCH3 is 1. The molecule has 0 aromatic rings. The summed E-state index contributed by atoms with van der Waals surface area (Å²) in [5, 5.41) is 38.3. The molecule has 7 fully saturated rings. The number of hydrogen-bond acceptors (Lipinski definition) is 6. The molecule has 7 aliphatic rings. The van der Waals surface area contributed by atoms with Gasteiger partial charge in [0.15, 0.2) is 0 Å². The van der Waals surface area contributed by atoms with Gasteiger partial charge in [-0.25, -0.2) is 0 Å². The largest absolute Gasteiger partial charge is 0.633 e. The standard InChI is InChI=1S/C22H33NO6/c1-4-23(27)10-20(2)7-6-13(28-3)22-12-9-11-5-8-21(26,14(12)19(25)29-11)15(18(22)23)16(24)17(20)22/h11-18,24,26H,4-10H2,1-3H3/t11-,12+,13-,14+,15-,16+,17+,18?,20-,21+,22-,23?/m0/s1. The van der Waals surface area contributed by atoms with Crippen molar-refractivity contribution in [1.29, 1.82) is 0 Å². The van der Waals surface area contributed by atoms with E-state index < -0.39 is 35.0 Å². The number of esters is 1. The lowest BCUT2D eigenvalue weighted by atomic mass is 9.42. The van der Waals surface area contributed by atoms with Crippen molar-refractivity contribution in [2.24, 2.45) is 34.5 Å². The van der Waals surface area contributed by atoms with Crippen LogP contribution in [0.3, 0.4) is 0 Å². The maximum atomic E-state index is 14.4. The Hall–Kier alpha value is -0.730. The lowest BCUT2D eigenvalue weighted by molar-refractivity contribution is -0.932. The number of ether oxygens (including phenoxy) is 2. The average Bonchev–Trinajstić information content (AvgIpc) is 2.71. The minimum atomic E-state index is -1.37. The number of hydroxylamine groups is 3. The van der Waals surface area contributed by atoms with Gasteiger partial charge in [-0.2, -0.15) is 0 Å². The molecule has 7 nitrogen and oxygen atoms in total. The Morgan fingerprint density at radius 2 is 2.10 bits per heavy atom. The fourth-order valence-electron chi connectivity index (χ4n) is 9.95. The third-order valence-electron chi connectivity index (χ3n) is 10.4. The molecule has 2 unspecified atom stereocenters. The summed E-state index contributed by atoms with van der Waals surface area (Å²) in [4.78, 5) is 13.1. The van der Waals surface area contributed by atoms with Crippen LogP contribution in [0.5, 0.6) is 0 Å². The molecule has 7 rings (SSSR count). The smallest absolute Gasteiger partial charge is 0.312 e. The maximum absolute atomic E-state index is 14.4. The number of hydrogen-bond donors (Lipinski definition) is 2. The highest BCUT2D eigenvalue weighted by molar-refractivity contribution is 5.77. The molecular weight excluding hydrogens is 374 g/mol. The molecule has 1 spiro atoms. The summed E-state index contributed by atoms with van der Waals surface area (Å²) < 4.78 is 11.4. The lowest BCUT2D eigenvalue weighted by Crippen LogP contribution is -2.80. The topological polar surface area (TPSA) is 99.0 Å². The van der Waals surface area contributed by atoms with Gasteiger partial charge in [0.05, 0.1) is 48.1 Å². The van der Waals surface area contributed by atoms with Gasteiger partial charge in [0.2, 0.25) is 0 Å². The number of carbonyl (C=O) groups excluding carboxylic acids is 1. The zero-order valence-corrected chi connectivity index (χ0v) is 17.5. The summed E-state index contributed by atoms with van der Waals surface area (Å²) in [5.74, 6) is -1.89. The first-order valence-electron chi connectivity index (χ1n) is 11.4. The molecule has 0 radical (unpaired) electrons. The van der Waals surface area contributed by atoms with E-state index >= 15 is 0 Å². The summed E-state index contributed by atoms with van der Waals surface area (Å²) >= 11 is 0. The van der Waals surface area contributed by atoms with Gasteiger partial charge in [-0.3, -0.25) is 4.79 Å². The molecule has 2 N–H and O–H groups in total. The SMILES string of the molecule is CC[N+]1([O-])C[C@]2(C)CC[C@H](OC)[C@]34C1[C@H]([C@@H](O)[C@H]23)[C@@]1(O)CC[C@H]2C[C@@H]4[C@@H]1C(=O)O2. The van der Waals surface area contributed by atoms with Crippen molar-refractivity contribution in [1.82, 2.24) is 0 Å². The van der Waals surface area contributed by atoms with Gasteiger partial charge in [0, 0.05) is 18.4 Å². The van der Waals surface area contributed by atoms with E-state index in [1.165, 1.54) is 0 Å². The third kappa shape index (κ3) is 1.80. The van der Waals surface area contributed by atoms with E-state index in [0.29, 0.717) is 32.4 Å². The Labute approximate surface area is 171 Å². The number of carbonyl (C=O) groups is 1. The predicted molar refractivity (Wildman–Crippen MR) is 102 cm³/mol. The zero-order valence-electron chi connectivity index (χ0n) is 17.5. The van der Waals surface area contributed by atoms with Crippen LogP contribution in [0, 0.1) is 39.7 Å². The molecule has 4 aliphatic carbocycles. The van der Waals surface area contributed by atoms with Crippen molar-refractivity contribution in [2.75, 3.05) is 20.2 Å². The van der Waals surface area contributed by atoms with Crippen LogP contribution in [0.2, 0.25) is 0 Å². The maximum Gasteiger partial charge on any atom is 0.312 e. The van der Waals surface area contributed by atoms with Crippen molar-refractivity contribution in [3.8, 4) is 0 Å². The number of piperidine rings is 1. The molecule has 0 aromatic heterocycles. The number of fused-ring (bicyclic) bond motifs is 2. The van der Waals surface area contributed by atoms with E-state index in [1.54, 1.807) is 7.11 Å². The summed E-state index contributed by atoms with van der Waals surface area (Å²) in [7, 11) is 1.71. The van der Waals surface area contributed by atoms with E-state index in [0.717, 1.165) is 12.8 Å². The number of quaternary nitrogens is 1. The number of aliphatic hydroxyl groups is 2. The van der Waals surface area contributed by atoms with E-state index in [4.69, 9.17) is 9.47 Å². The summed E-state index contributed by atoms with van der Waals surface area (Å²) in [5.41, 5.74) is -2.27. The monoisotopic (exact) mass is 407 g/mol. The highest BCUT2D eigenvalue weighted by Gasteiger charge is 2.87. The Kier molecular flexibility index (Phi) is 3.51. The van der Waals surface area contributed by atoms with Crippen molar-refractivity contribution in [2.45, 2.75) is 75.9 Å². The molecule has 9 bridgehead atoms. The first-order chi connectivity index (χ1) is 13.7. The average molecular weight is 408 g/mol. The Balaban J connectivity index is 1.69. The van der Waals surface area contributed by atoms with Crippen LogP contribution in [0.4, 0.5) is 0 Å². The van der Waals surface area contributed by atoms with Gasteiger partial charge >= 0.3 is 5.97 Å². The number of likely N-dealkylation sites (tertiary alicyclic amines) is 1. The normalized spacial score (nSPS) is 64.6. The van der Waals surface area contributed by atoms with Gasteiger partial charge in [-0.15, -0.1) is 0 Å². The molecule has 0 amide bonds. The van der Waals surface area contributed by atoms with Gasteiger partial charge < -0.3 is 29.5 Å². The molecule has 3 aliphatic heterocycles. The third-order valence-corrected chi connectivity index (χ3v) is 10.4. The van der Waals surface area contributed by atoms with Crippen molar-refractivity contribution in [3.05, 3.63) is 5.21 Å². The Bertz CT molecular complexity index is 776. The molecule has 12 atom stereocenters. The highest BCUT2D eigenvalue weighted by atomic mass is 16.6. The minimum absolute atomic E-state index is 0.123. The molecule has 3 saturated heterocycles. The van der Waals surface area contributed by atoms with Crippen LogP contribution in [0.15, 0.2) is 0 Å². The van der Waals surface area contributed by atoms with Gasteiger partial charge in [0.25, 0.3) is 0 Å². The highest BCUT2D eigenvalue weighted by Crippen LogP contribution is 2.78. The summed E-state index contributed by atoms with van der Waals surface area (Å²) in [6.07, 6.45) is 2.20. The fourth-order valence-corrected chi connectivity index (χ4v) is 9.95. The van der Waals surface area contributed by atoms with E-state index in [2.05, 4.69) is 6.92 Å². The molecule has 162 valence electrons. The molecular formula is C22H33NO6. The second-order valence-electron chi connectivity index (χ2n) is 11.2. The lowest BCUT2D eigenvalue weighted by Gasteiger charge is -2.72. The minimum Gasteiger partial charge on any atom is -0.633 e. The van der Waals surface area contributed by atoms with Crippen LogP contribution < -0.4 is 0 Å². The first-order valence-corrected chi connectivity index (χ1v) is 11.4. The number of rotatable bonds is 2. The van der Waals surface area contributed by atoms with Crippen molar-refractivity contribution in [3.63, 3.8) is 0 Å². The van der Waals surface area contributed by atoms with Crippen LogP contribution in [-0.4, -0.2) is 71.0 Å². The first kappa shape index (κ1) is 19.0. The Morgan fingerprint density at radius 3 is 2.79 bits per heavy atom. The molecule has 29 heavy (non-hydrogen) atoms. The number of nitrogens with zero attached hydrogens (tertiary/aromatic N) is 1. The van der Waals surface area contributed by atoms with E-state index in [-0.39, 0.29) is 40.1 Å². The Morgan fingerprint density at radius 1 is 1.34 bits per heavy atom. The second-order valence-corrected chi connectivity index (χ2v) is 11.2. The van der Waals surface area contributed by atoms with E-state index in [1.807, 2.05) is 6.92 Å². The molecule has 7 heteroatoms. The van der Waals surface area contributed by atoms with Crippen LogP contribution >= 0.6 is 0 Å². The van der Waals surface area contributed by atoms with Crippen LogP contribution in [0.25, 0.3) is 0 Å². The van der Waals surface area contributed by atoms with Crippen LogP contribution in [-0.2, 0) is 14.3 Å². The summed E-state index contributed by atoms with van der Waals surface area (Å²) in [6, 6.07) is -0.429. The second kappa shape index (κ2) is 5.36. The summed E-state index contributed by atoms with van der Waals surface area (Å²) in [6.45, 7) is 4.98. The van der Waals surface area contributed by atoms with Crippen molar-refractivity contribution >= 4 is 5.97 Å². The van der Waals surface area contributed by atoms with Gasteiger partial charge in [-0.05, 0) is 44.9 Å². The number of aliphatic hydroxyl groups excluding tert-OH is 1. The predicted octanol–water partition coefficient (Wildman–Crippen LogP) is 1.20. The molecule has 3 heterocycles. The van der Waals surface area contributed by atoms with Gasteiger partial charge in [0.1, 0.15) is 12.1 Å². The molecule has 4 saturated carbocycles. The quantitative estimate of drug-likeness (QED) is 0.405. The zero-order chi connectivity index (χ0) is 20.6. The van der Waals surface area contributed by atoms with Crippen molar-refractivity contribution < 1.29 is 29.1 Å². The van der Waals surface area contributed by atoms with Crippen LogP contribution in [0.1, 0.15) is 46.0 Å².